The van der Waals surface area contributed by atoms with Crippen LogP contribution < -0.4 is 4.90 Å². The van der Waals surface area contributed by atoms with E-state index in [1.807, 2.05) is 29.2 Å². The molecule has 1 atom stereocenters. The molecule has 0 radical (unpaired) electrons. The first kappa shape index (κ1) is 22.6. The molecule has 1 amide bonds. The minimum Gasteiger partial charge on any atom is -0.508 e. The normalized spacial score (nSPS) is 16.4. The van der Waals surface area contributed by atoms with Crippen molar-refractivity contribution in [2.24, 2.45) is 0 Å². The molecule has 1 aliphatic rings. The van der Waals surface area contributed by atoms with E-state index in [0.29, 0.717) is 35.6 Å². The van der Waals surface area contributed by atoms with Crippen LogP contribution in [0.25, 0.3) is 32.8 Å². The van der Waals surface area contributed by atoms with Gasteiger partial charge in [-0.05, 0) is 52.1 Å². The molecule has 174 valence electrons. The molecular weight excluding hydrogens is 477 g/mol. The Morgan fingerprint density at radius 2 is 2.06 bits per heavy atom. The molecule has 1 saturated heterocycles. The number of carbonyl (C=O) groups is 1. The zero-order valence-electron chi connectivity index (χ0n) is 18.0. The van der Waals surface area contributed by atoms with Crippen LogP contribution in [-0.2, 0) is 4.79 Å². The SMILES string of the molecule is C=CC(=O)N1CCN(c2snc3c(F)c(-c4cc(O)cc5ccccc45)c(Cl)cc23)[C@H](CO)C1. The van der Waals surface area contributed by atoms with Gasteiger partial charge in [0.25, 0.3) is 0 Å². The van der Waals surface area contributed by atoms with Crippen LogP contribution in [0.2, 0.25) is 5.02 Å². The highest BCUT2D eigenvalue weighted by Crippen LogP contribution is 2.44. The average molecular weight is 498 g/mol. The maximum atomic E-state index is 15.9. The van der Waals surface area contributed by atoms with Crippen LogP contribution >= 0.6 is 23.1 Å². The minimum absolute atomic E-state index is 0.0148. The van der Waals surface area contributed by atoms with E-state index in [2.05, 4.69) is 11.0 Å². The Balaban J connectivity index is 1.61. The summed E-state index contributed by atoms with van der Waals surface area (Å²) in [5.41, 5.74) is 0.839. The van der Waals surface area contributed by atoms with Crippen LogP contribution in [0.4, 0.5) is 9.39 Å². The third kappa shape index (κ3) is 3.68. The number of phenols is 1. The molecule has 0 bridgehead atoms. The maximum absolute atomic E-state index is 15.9. The molecule has 0 unspecified atom stereocenters. The molecule has 0 spiro atoms. The zero-order chi connectivity index (χ0) is 24.0. The molecule has 9 heteroatoms. The number of aliphatic hydroxyl groups is 1. The molecule has 3 aromatic carbocycles. The van der Waals surface area contributed by atoms with Gasteiger partial charge in [0.15, 0.2) is 5.82 Å². The number of phenolic OH excluding ortho intramolecular Hbond substituents is 1. The van der Waals surface area contributed by atoms with E-state index >= 15 is 4.39 Å². The number of halogens is 2. The highest BCUT2D eigenvalue weighted by Gasteiger charge is 2.31. The lowest BCUT2D eigenvalue weighted by atomic mass is 9.96. The quantitative estimate of drug-likeness (QED) is 0.396. The van der Waals surface area contributed by atoms with Crippen LogP contribution in [0.15, 0.2) is 55.1 Å². The number of carbonyl (C=O) groups excluding carboxylic acids is 1. The van der Waals surface area contributed by atoms with Gasteiger partial charge >= 0.3 is 0 Å². The van der Waals surface area contributed by atoms with Gasteiger partial charge in [0.05, 0.1) is 17.7 Å². The summed E-state index contributed by atoms with van der Waals surface area (Å²) in [5.74, 6) is -0.743. The Morgan fingerprint density at radius 1 is 1.26 bits per heavy atom. The summed E-state index contributed by atoms with van der Waals surface area (Å²) in [6, 6.07) is 11.8. The third-order valence-electron chi connectivity index (χ3n) is 6.20. The summed E-state index contributed by atoms with van der Waals surface area (Å²) < 4.78 is 20.3. The Hall–Kier alpha value is -3.20. The highest BCUT2D eigenvalue weighted by molar-refractivity contribution is 7.11. The van der Waals surface area contributed by atoms with Gasteiger partial charge in [-0.3, -0.25) is 4.79 Å². The Kier molecular flexibility index (Phi) is 5.89. The van der Waals surface area contributed by atoms with Crippen molar-refractivity contribution in [2.45, 2.75) is 6.04 Å². The van der Waals surface area contributed by atoms with Crippen LogP contribution in [0, 0.1) is 5.82 Å². The molecule has 2 heterocycles. The number of anilines is 1. The van der Waals surface area contributed by atoms with E-state index in [-0.39, 0.29) is 40.4 Å². The second-order valence-electron chi connectivity index (χ2n) is 8.16. The monoisotopic (exact) mass is 497 g/mol. The molecule has 1 fully saturated rings. The van der Waals surface area contributed by atoms with Gasteiger partial charge < -0.3 is 20.0 Å². The van der Waals surface area contributed by atoms with Crippen molar-refractivity contribution in [1.29, 1.82) is 0 Å². The number of hydrogen-bond donors (Lipinski definition) is 2. The summed E-state index contributed by atoms with van der Waals surface area (Å²) in [5, 5.41) is 23.2. The van der Waals surface area contributed by atoms with E-state index in [1.165, 1.54) is 12.1 Å². The summed E-state index contributed by atoms with van der Waals surface area (Å²) >= 11 is 7.77. The summed E-state index contributed by atoms with van der Waals surface area (Å²) in [6.07, 6.45) is 1.26. The molecule has 34 heavy (non-hydrogen) atoms. The number of aromatic hydroxyl groups is 1. The first-order valence-corrected chi connectivity index (χ1v) is 11.9. The lowest BCUT2D eigenvalue weighted by molar-refractivity contribution is -0.126. The zero-order valence-corrected chi connectivity index (χ0v) is 19.6. The summed E-state index contributed by atoms with van der Waals surface area (Å²) in [6.45, 7) is 4.58. The van der Waals surface area contributed by atoms with Crippen LogP contribution in [0.3, 0.4) is 0 Å². The van der Waals surface area contributed by atoms with Crippen molar-refractivity contribution in [3.8, 4) is 16.9 Å². The molecular formula is C25H21ClFN3O3S. The minimum atomic E-state index is -0.568. The van der Waals surface area contributed by atoms with Crippen molar-refractivity contribution in [3.63, 3.8) is 0 Å². The number of aromatic nitrogens is 1. The Bertz CT molecular complexity index is 1440. The number of rotatable bonds is 4. The molecule has 1 aliphatic heterocycles. The first-order chi connectivity index (χ1) is 16.4. The van der Waals surface area contributed by atoms with Crippen molar-refractivity contribution in [1.82, 2.24) is 9.27 Å². The largest absolute Gasteiger partial charge is 0.508 e. The fourth-order valence-electron chi connectivity index (χ4n) is 4.56. The second-order valence-corrected chi connectivity index (χ2v) is 9.32. The lowest BCUT2D eigenvalue weighted by Crippen LogP contribution is -2.56. The Morgan fingerprint density at radius 3 is 2.82 bits per heavy atom. The topological polar surface area (TPSA) is 76.9 Å². The summed E-state index contributed by atoms with van der Waals surface area (Å²) in [7, 11) is 0. The number of fused-ring (bicyclic) bond motifs is 2. The average Bonchev–Trinajstić information content (AvgIpc) is 3.26. The van der Waals surface area contributed by atoms with Gasteiger partial charge in [0.1, 0.15) is 16.3 Å². The molecule has 6 nitrogen and oxygen atoms in total. The molecule has 0 aliphatic carbocycles. The number of amides is 1. The van der Waals surface area contributed by atoms with Gasteiger partial charge in [-0.25, -0.2) is 4.39 Å². The Labute approximate surface area is 204 Å². The number of benzene rings is 3. The van der Waals surface area contributed by atoms with E-state index in [1.54, 1.807) is 17.0 Å². The summed E-state index contributed by atoms with van der Waals surface area (Å²) in [4.78, 5) is 15.6. The molecule has 2 N–H and O–H groups in total. The number of nitrogens with zero attached hydrogens (tertiary/aromatic N) is 3. The molecule has 0 saturated carbocycles. The van der Waals surface area contributed by atoms with Gasteiger partial charge in [0, 0.05) is 30.6 Å². The first-order valence-electron chi connectivity index (χ1n) is 10.7. The van der Waals surface area contributed by atoms with Gasteiger partial charge in [-0.2, -0.15) is 4.37 Å². The molecule has 5 rings (SSSR count). The van der Waals surface area contributed by atoms with Crippen LogP contribution in [0.1, 0.15) is 0 Å². The molecule has 1 aromatic heterocycles. The van der Waals surface area contributed by atoms with Crippen molar-refractivity contribution in [3.05, 3.63) is 66.0 Å². The smallest absolute Gasteiger partial charge is 0.246 e. The van der Waals surface area contributed by atoms with Gasteiger partial charge in [0.2, 0.25) is 5.91 Å². The van der Waals surface area contributed by atoms with Gasteiger partial charge in [-0.1, -0.05) is 42.4 Å². The second kappa shape index (κ2) is 8.87. The van der Waals surface area contributed by atoms with Gasteiger partial charge in [-0.15, -0.1) is 0 Å². The third-order valence-corrected chi connectivity index (χ3v) is 7.40. The predicted octanol–water partition coefficient (Wildman–Crippen LogP) is 4.81. The number of piperazine rings is 1. The van der Waals surface area contributed by atoms with E-state index < -0.39 is 5.82 Å². The lowest BCUT2D eigenvalue weighted by Gasteiger charge is -2.41. The van der Waals surface area contributed by atoms with E-state index in [4.69, 9.17) is 11.6 Å². The molecule has 4 aromatic rings. The van der Waals surface area contributed by atoms with E-state index in [0.717, 1.165) is 22.3 Å². The number of aliphatic hydroxyl groups excluding tert-OH is 1. The van der Waals surface area contributed by atoms with Crippen molar-refractivity contribution >= 4 is 55.7 Å². The van der Waals surface area contributed by atoms with Crippen molar-refractivity contribution in [2.75, 3.05) is 31.1 Å². The maximum Gasteiger partial charge on any atom is 0.246 e. The van der Waals surface area contributed by atoms with Crippen LogP contribution in [0.5, 0.6) is 5.75 Å². The fraction of sp³-hybridized carbons (Fsp3) is 0.200. The fourth-order valence-corrected chi connectivity index (χ4v) is 5.81. The predicted molar refractivity (Wildman–Crippen MR) is 134 cm³/mol. The van der Waals surface area contributed by atoms with Crippen molar-refractivity contribution < 1.29 is 19.4 Å². The number of hydrogen-bond acceptors (Lipinski definition) is 6. The van der Waals surface area contributed by atoms with E-state index in [9.17, 15) is 15.0 Å². The standard InChI is InChI=1S/C25H21ClFN3O3S/c1-2-21(33)29-7-8-30(15(12-29)13-31)25-19-11-20(26)22(23(27)24(19)28-34-25)18-10-16(32)9-14-5-3-4-6-17(14)18/h2-6,9-11,15,31-32H,1,7-8,12-13H2/t15-/m0/s1. The highest BCUT2D eigenvalue weighted by atomic mass is 35.5. The van der Waals surface area contributed by atoms with Crippen LogP contribution in [-0.4, -0.2) is 57.7 Å².